The largest absolute Gasteiger partial charge is 0.340 e. The van der Waals surface area contributed by atoms with E-state index in [4.69, 9.17) is 23.2 Å². The van der Waals surface area contributed by atoms with Gasteiger partial charge < -0.3 is 0 Å². The van der Waals surface area contributed by atoms with E-state index < -0.39 is 11.6 Å². The number of aromatic nitrogens is 2. The van der Waals surface area contributed by atoms with Crippen LogP contribution in [0.15, 0.2) is 71.5 Å². The second-order valence-electron chi connectivity index (χ2n) is 6.13. The monoisotopic (exact) mass is 396 g/mol. The van der Waals surface area contributed by atoms with Crippen LogP contribution in [0.5, 0.6) is 0 Å². The molecule has 0 aliphatic rings. The first-order chi connectivity index (χ1) is 13.0. The van der Waals surface area contributed by atoms with E-state index in [1.807, 2.05) is 49.4 Å². The predicted octanol–water partition coefficient (Wildman–Crippen LogP) is 5.10. The van der Waals surface area contributed by atoms with Gasteiger partial charge in [0.05, 0.1) is 32.3 Å². The number of hydrogen-bond acceptors (Lipinski definition) is 2. The third-order valence-electron chi connectivity index (χ3n) is 4.46. The lowest BCUT2D eigenvalue weighted by Crippen LogP contribution is -2.29. The molecule has 0 bridgehead atoms. The lowest BCUT2D eigenvalue weighted by molar-refractivity contribution is 0.0961. The second kappa shape index (κ2) is 6.72. The Balaban J connectivity index is 2.09. The summed E-state index contributed by atoms with van der Waals surface area (Å²) in [6, 6.07) is 19.5. The van der Waals surface area contributed by atoms with Crippen LogP contribution in [0.2, 0.25) is 10.0 Å². The standard InChI is InChI=1S/C21H14Cl2N2O2/c1-13-7-5-12-17-19(13)24(14-8-3-2-4-9-14)21(27)25(17)20(26)18-15(22)10-6-11-16(18)23/h2-12H,1H3. The number of nitrogens with zero attached hydrogens (tertiary/aromatic N) is 2. The van der Waals surface area contributed by atoms with Gasteiger partial charge in [-0.3, -0.25) is 9.36 Å². The number of carbonyl (C=O) groups is 1. The molecule has 0 aliphatic heterocycles. The van der Waals surface area contributed by atoms with Crippen LogP contribution in [0.25, 0.3) is 16.7 Å². The average Bonchev–Trinajstić information content (AvgIpc) is 2.95. The minimum Gasteiger partial charge on any atom is -0.268 e. The molecule has 4 nitrogen and oxygen atoms in total. The zero-order valence-electron chi connectivity index (χ0n) is 14.3. The number of fused-ring (bicyclic) bond motifs is 1. The van der Waals surface area contributed by atoms with Crippen LogP contribution in [0.3, 0.4) is 0 Å². The summed E-state index contributed by atoms with van der Waals surface area (Å²) in [5, 5.41) is 0.403. The Labute approximate surface area is 165 Å². The molecule has 1 aromatic heterocycles. The van der Waals surface area contributed by atoms with Crippen LogP contribution in [0, 0.1) is 6.92 Å². The summed E-state index contributed by atoms with van der Waals surface area (Å²) in [6.45, 7) is 1.90. The van der Waals surface area contributed by atoms with Gasteiger partial charge in [0.1, 0.15) is 0 Å². The maximum absolute atomic E-state index is 13.3. The zero-order chi connectivity index (χ0) is 19.1. The fourth-order valence-electron chi connectivity index (χ4n) is 3.24. The van der Waals surface area contributed by atoms with Gasteiger partial charge in [0.2, 0.25) is 0 Å². The lowest BCUT2D eigenvalue weighted by atomic mass is 10.1. The van der Waals surface area contributed by atoms with Crippen molar-refractivity contribution in [1.82, 2.24) is 9.13 Å². The van der Waals surface area contributed by atoms with Crippen molar-refractivity contribution in [2.24, 2.45) is 0 Å². The minimum atomic E-state index is -0.555. The Bertz CT molecular complexity index is 1220. The lowest BCUT2D eigenvalue weighted by Gasteiger charge is -2.06. The molecule has 0 saturated carbocycles. The predicted molar refractivity (Wildman–Crippen MR) is 108 cm³/mol. The molecule has 4 rings (SSSR count). The SMILES string of the molecule is Cc1cccc2c1n(-c1ccccc1)c(=O)n2C(=O)c1c(Cl)cccc1Cl. The van der Waals surface area contributed by atoms with E-state index in [-0.39, 0.29) is 15.6 Å². The topological polar surface area (TPSA) is 44.0 Å². The molecule has 6 heteroatoms. The molecular formula is C21H14Cl2N2O2. The molecule has 0 unspecified atom stereocenters. The fourth-order valence-corrected chi connectivity index (χ4v) is 3.80. The van der Waals surface area contributed by atoms with E-state index >= 15 is 0 Å². The van der Waals surface area contributed by atoms with E-state index in [0.717, 1.165) is 10.1 Å². The summed E-state index contributed by atoms with van der Waals surface area (Å²) in [4.78, 5) is 26.6. The Hall–Kier alpha value is -2.82. The van der Waals surface area contributed by atoms with Crippen molar-refractivity contribution in [3.8, 4) is 5.69 Å². The van der Waals surface area contributed by atoms with Gasteiger partial charge in [-0.15, -0.1) is 0 Å². The van der Waals surface area contributed by atoms with E-state index in [1.54, 1.807) is 24.3 Å². The highest BCUT2D eigenvalue weighted by Gasteiger charge is 2.24. The number of benzene rings is 3. The summed E-state index contributed by atoms with van der Waals surface area (Å²) in [6.07, 6.45) is 0. The first kappa shape index (κ1) is 17.6. The van der Waals surface area contributed by atoms with Crippen molar-refractivity contribution in [1.29, 1.82) is 0 Å². The van der Waals surface area contributed by atoms with Crippen molar-refractivity contribution in [2.75, 3.05) is 0 Å². The van der Waals surface area contributed by atoms with Crippen LogP contribution < -0.4 is 5.69 Å². The molecule has 0 fully saturated rings. The molecule has 4 aromatic rings. The summed E-state index contributed by atoms with van der Waals surface area (Å²) in [5.74, 6) is -0.555. The molecule has 0 N–H and O–H groups in total. The zero-order valence-corrected chi connectivity index (χ0v) is 15.8. The van der Waals surface area contributed by atoms with E-state index in [9.17, 15) is 9.59 Å². The first-order valence-corrected chi connectivity index (χ1v) is 9.03. The van der Waals surface area contributed by atoms with Gasteiger partial charge in [-0.05, 0) is 42.8 Å². The van der Waals surface area contributed by atoms with Crippen molar-refractivity contribution < 1.29 is 4.79 Å². The molecule has 0 spiro atoms. The van der Waals surface area contributed by atoms with Gasteiger partial charge in [-0.25, -0.2) is 9.36 Å². The summed E-state index contributed by atoms with van der Waals surface area (Å²) in [5.41, 5.74) is 2.38. The maximum Gasteiger partial charge on any atom is 0.340 e. The number of halogens is 2. The van der Waals surface area contributed by atoms with Gasteiger partial charge in [-0.2, -0.15) is 0 Å². The number of aryl methyl sites for hydroxylation is 1. The van der Waals surface area contributed by atoms with Gasteiger partial charge in [0.25, 0.3) is 5.91 Å². The van der Waals surface area contributed by atoms with Crippen molar-refractivity contribution in [3.63, 3.8) is 0 Å². The third kappa shape index (κ3) is 2.78. The number of para-hydroxylation sites is 2. The molecule has 134 valence electrons. The summed E-state index contributed by atoms with van der Waals surface area (Å²) < 4.78 is 2.66. The smallest absolute Gasteiger partial charge is 0.268 e. The molecule has 1 heterocycles. The van der Waals surface area contributed by atoms with E-state index in [2.05, 4.69) is 0 Å². The molecular weight excluding hydrogens is 383 g/mol. The van der Waals surface area contributed by atoms with Gasteiger partial charge in [-0.1, -0.05) is 59.6 Å². The van der Waals surface area contributed by atoms with Crippen LogP contribution in [-0.2, 0) is 0 Å². The number of rotatable bonds is 2. The third-order valence-corrected chi connectivity index (χ3v) is 5.09. The molecule has 3 aromatic carbocycles. The number of hydrogen-bond donors (Lipinski definition) is 0. The van der Waals surface area contributed by atoms with Gasteiger partial charge >= 0.3 is 5.69 Å². The Morgan fingerprint density at radius 3 is 2.15 bits per heavy atom. The highest BCUT2D eigenvalue weighted by atomic mass is 35.5. The van der Waals surface area contributed by atoms with E-state index in [0.29, 0.717) is 16.7 Å². The van der Waals surface area contributed by atoms with Gasteiger partial charge in [0.15, 0.2) is 0 Å². The highest BCUT2D eigenvalue weighted by Crippen LogP contribution is 2.27. The number of imidazole rings is 1. The van der Waals surface area contributed by atoms with Crippen LogP contribution in [-0.4, -0.2) is 15.0 Å². The van der Waals surface area contributed by atoms with Crippen LogP contribution >= 0.6 is 23.2 Å². The van der Waals surface area contributed by atoms with Crippen molar-refractivity contribution >= 4 is 40.1 Å². The Morgan fingerprint density at radius 2 is 1.48 bits per heavy atom. The first-order valence-electron chi connectivity index (χ1n) is 8.28. The fraction of sp³-hybridized carbons (Fsp3) is 0.0476. The summed E-state index contributed by atoms with van der Waals surface area (Å²) in [7, 11) is 0. The summed E-state index contributed by atoms with van der Waals surface area (Å²) >= 11 is 12.4. The quantitative estimate of drug-likeness (QED) is 0.473. The Kier molecular flexibility index (Phi) is 4.38. The molecule has 0 aliphatic carbocycles. The molecule has 0 saturated heterocycles. The van der Waals surface area contributed by atoms with E-state index in [1.165, 1.54) is 4.57 Å². The van der Waals surface area contributed by atoms with Crippen molar-refractivity contribution in [2.45, 2.75) is 6.92 Å². The number of carbonyl (C=O) groups excluding carboxylic acids is 1. The minimum absolute atomic E-state index is 0.108. The molecule has 27 heavy (non-hydrogen) atoms. The van der Waals surface area contributed by atoms with Crippen LogP contribution in [0.4, 0.5) is 0 Å². The normalized spacial score (nSPS) is 11.1. The van der Waals surface area contributed by atoms with Crippen molar-refractivity contribution in [3.05, 3.63) is 98.4 Å². The second-order valence-corrected chi connectivity index (χ2v) is 6.95. The Morgan fingerprint density at radius 1 is 0.852 bits per heavy atom. The molecule has 0 radical (unpaired) electrons. The average molecular weight is 397 g/mol. The van der Waals surface area contributed by atoms with Gasteiger partial charge in [0, 0.05) is 0 Å². The maximum atomic E-state index is 13.3. The highest BCUT2D eigenvalue weighted by molar-refractivity contribution is 6.39. The molecule has 0 amide bonds. The molecule has 0 atom stereocenters. The van der Waals surface area contributed by atoms with Crippen LogP contribution in [0.1, 0.15) is 15.9 Å².